The normalized spacial score (nSPS) is 17.0. The summed E-state index contributed by atoms with van der Waals surface area (Å²) in [5.74, 6) is 0. The Bertz CT molecular complexity index is 119. The Morgan fingerprint density at radius 1 is 1.90 bits per heavy atom. The van der Waals surface area contributed by atoms with Gasteiger partial charge in [-0.25, -0.2) is 0 Å². The number of rotatable bonds is 5. The summed E-state index contributed by atoms with van der Waals surface area (Å²) in [6.07, 6.45) is 1.78. The van der Waals surface area contributed by atoms with Crippen LogP contribution in [0.1, 0.15) is 6.92 Å². The molecule has 0 aliphatic rings. The molecule has 0 saturated heterocycles. The Labute approximate surface area is 68.1 Å². The van der Waals surface area contributed by atoms with Crippen LogP contribution in [0.4, 0.5) is 0 Å². The summed E-state index contributed by atoms with van der Waals surface area (Å²) in [4.78, 5) is 0. The number of hydrogen-bond donors (Lipinski definition) is 0. The maximum atomic E-state index is 5.29. The van der Waals surface area contributed by atoms with Crippen molar-refractivity contribution in [3.63, 3.8) is 0 Å². The van der Waals surface area contributed by atoms with Crippen LogP contribution < -0.4 is 0 Å². The van der Waals surface area contributed by atoms with Crippen molar-refractivity contribution >= 4 is 26.5 Å². The molecular formula is C5H12NOP3. The molecule has 0 saturated carbocycles. The predicted octanol–water partition coefficient (Wildman–Crippen LogP) is 2.66. The van der Waals surface area contributed by atoms with Gasteiger partial charge in [0.1, 0.15) is 6.10 Å². The van der Waals surface area contributed by atoms with Crippen molar-refractivity contribution in [3.05, 3.63) is 12.7 Å². The quantitative estimate of drug-likeness (QED) is 0.488. The first-order valence-corrected chi connectivity index (χ1v) is 6.03. The molecule has 0 heterocycles. The lowest BCUT2D eigenvalue weighted by Crippen LogP contribution is -2.17. The molecule has 0 aromatic carbocycles. The highest BCUT2D eigenvalue weighted by Crippen LogP contribution is 2.26. The standard InChI is InChI=1S/C5H12NOP3/c1-3-5(7-10-9)4(2)6-8/h3-5,8,10H,1,9H2,2H3/t4-,5?/m0/s1. The van der Waals surface area contributed by atoms with Gasteiger partial charge in [0.15, 0.2) is 0 Å². The molecule has 10 heavy (non-hydrogen) atoms. The minimum atomic E-state index is 0.0216. The first-order valence-electron chi connectivity index (χ1n) is 2.86. The zero-order valence-electron chi connectivity index (χ0n) is 5.87. The van der Waals surface area contributed by atoms with Crippen LogP contribution in [0.15, 0.2) is 17.4 Å². The average molecular weight is 195 g/mol. The van der Waals surface area contributed by atoms with E-state index in [1.165, 1.54) is 0 Å². The second kappa shape index (κ2) is 6.38. The van der Waals surface area contributed by atoms with E-state index in [0.29, 0.717) is 8.50 Å². The molecule has 0 aromatic rings. The second-order valence-corrected chi connectivity index (χ2v) is 3.24. The first-order chi connectivity index (χ1) is 4.76. The Morgan fingerprint density at radius 3 is 2.80 bits per heavy atom. The van der Waals surface area contributed by atoms with E-state index in [-0.39, 0.29) is 12.1 Å². The van der Waals surface area contributed by atoms with Crippen molar-refractivity contribution in [3.8, 4) is 0 Å². The van der Waals surface area contributed by atoms with E-state index < -0.39 is 0 Å². The van der Waals surface area contributed by atoms with Crippen molar-refractivity contribution < 1.29 is 4.52 Å². The van der Waals surface area contributed by atoms with Crippen LogP contribution in [0, 0.1) is 0 Å². The van der Waals surface area contributed by atoms with Gasteiger partial charge in [0.05, 0.1) is 6.04 Å². The summed E-state index contributed by atoms with van der Waals surface area (Å²) in [5.41, 5.74) is 0. The fourth-order valence-corrected chi connectivity index (χ4v) is 1.56. The van der Waals surface area contributed by atoms with E-state index in [4.69, 9.17) is 4.52 Å². The largest absolute Gasteiger partial charge is 0.349 e. The summed E-state index contributed by atoms with van der Waals surface area (Å²) < 4.78 is 9.17. The van der Waals surface area contributed by atoms with Crippen LogP contribution in [-0.4, -0.2) is 12.1 Å². The smallest absolute Gasteiger partial charge is 0.102 e. The lowest BCUT2D eigenvalue weighted by atomic mass is 10.2. The highest BCUT2D eigenvalue weighted by Gasteiger charge is 2.10. The van der Waals surface area contributed by atoms with Gasteiger partial charge in [-0.05, 0) is 16.0 Å². The van der Waals surface area contributed by atoms with Gasteiger partial charge in [-0.1, -0.05) is 15.0 Å². The molecule has 0 fully saturated rings. The van der Waals surface area contributed by atoms with E-state index in [2.05, 4.69) is 29.3 Å². The Balaban J connectivity index is 3.78. The minimum absolute atomic E-state index is 0.0216. The molecule has 0 aliphatic heterocycles. The summed E-state index contributed by atoms with van der Waals surface area (Å²) in [7, 11) is 5.99. The number of nitrogens with zero attached hydrogens (tertiary/aromatic N) is 1. The van der Waals surface area contributed by atoms with E-state index in [1.54, 1.807) is 6.08 Å². The lowest BCUT2D eigenvalue weighted by Gasteiger charge is -2.14. The van der Waals surface area contributed by atoms with Crippen molar-refractivity contribution in [2.24, 2.45) is 4.74 Å². The third kappa shape index (κ3) is 3.74. The lowest BCUT2D eigenvalue weighted by molar-refractivity contribution is 0.264. The van der Waals surface area contributed by atoms with Gasteiger partial charge in [0.25, 0.3) is 0 Å². The topological polar surface area (TPSA) is 21.6 Å². The fraction of sp³-hybridized carbons (Fsp3) is 0.600. The van der Waals surface area contributed by atoms with Gasteiger partial charge in [-0.3, -0.25) is 4.74 Å². The summed E-state index contributed by atoms with van der Waals surface area (Å²) in [5, 5.41) is 0. The van der Waals surface area contributed by atoms with Gasteiger partial charge >= 0.3 is 0 Å². The molecular weight excluding hydrogens is 183 g/mol. The van der Waals surface area contributed by atoms with Crippen LogP contribution in [0.2, 0.25) is 0 Å². The van der Waals surface area contributed by atoms with Crippen LogP contribution in [0.3, 0.4) is 0 Å². The van der Waals surface area contributed by atoms with Crippen molar-refractivity contribution in [2.75, 3.05) is 0 Å². The van der Waals surface area contributed by atoms with Crippen LogP contribution >= 0.6 is 26.5 Å². The van der Waals surface area contributed by atoms with Gasteiger partial charge in [-0.15, -0.1) is 6.58 Å². The summed E-state index contributed by atoms with van der Waals surface area (Å²) in [6.45, 7) is 5.60. The van der Waals surface area contributed by atoms with Crippen LogP contribution in [0.25, 0.3) is 0 Å². The van der Waals surface area contributed by atoms with E-state index in [1.807, 2.05) is 6.92 Å². The molecule has 4 atom stereocenters. The van der Waals surface area contributed by atoms with Gasteiger partial charge in [-0.2, -0.15) is 0 Å². The summed E-state index contributed by atoms with van der Waals surface area (Å²) in [6, 6.07) is 0.127. The minimum Gasteiger partial charge on any atom is -0.349 e. The second-order valence-electron chi connectivity index (χ2n) is 1.81. The van der Waals surface area contributed by atoms with Gasteiger partial charge < -0.3 is 4.52 Å². The molecule has 0 bridgehead atoms. The third-order valence-electron chi connectivity index (χ3n) is 1.12. The van der Waals surface area contributed by atoms with Crippen molar-refractivity contribution in [2.45, 2.75) is 19.1 Å². The molecule has 0 rings (SSSR count). The maximum Gasteiger partial charge on any atom is 0.102 e. The van der Waals surface area contributed by atoms with E-state index in [0.717, 1.165) is 0 Å². The molecule has 0 aliphatic carbocycles. The highest BCUT2D eigenvalue weighted by atomic mass is 32.0. The Hall–Kier alpha value is 0.660. The van der Waals surface area contributed by atoms with E-state index in [9.17, 15) is 0 Å². The molecule has 0 radical (unpaired) electrons. The Morgan fingerprint density at radius 2 is 2.50 bits per heavy atom. The zero-order chi connectivity index (χ0) is 7.98. The van der Waals surface area contributed by atoms with Crippen molar-refractivity contribution in [1.82, 2.24) is 0 Å². The van der Waals surface area contributed by atoms with Gasteiger partial charge in [0.2, 0.25) is 0 Å². The first kappa shape index (κ1) is 10.7. The molecule has 0 N–H and O–H groups in total. The summed E-state index contributed by atoms with van der Waals surface area (Å²) >= 11 is 0. The molecule has 3 unspecified atom stereocenters. The fourth-order valence-electron chi connectivity index (χ4n) is 0.496. The highest BCUT2D eigenvalue weighted by molar-refractivity contribution is 8.00. The molecule has 0 aromatic heterocycles. The predicted molar refractivity (Wildman–Crippen MR) is 53.3 cm³/mol. The molecule has 5 heteroatoms. The molecule has 58 valence electrons. The SMILES string of the molecule is C=CC(OPP)[C@H](C)N=P. The third-order valence-corrected chi connectivity index (χ3v) is 2.34. The molecule has 0 amide bonds. The maximum absolute atomic E-state index is 5.29. The molecule has 0 spiro atoms. The Kier molecular flexibility index (Phi) is 6.80. The molecule has 2 nitrogen and oxygen atoms in total. The van der Waals surface area contributed by atoms with Crippen LogP contribution in [-0.2, 0) is 4.52 Å². The number of hydrogen-bond acceptors (Lipinski definition) is 2. The zero-order valence-corrected chi connectivity index (χ0v) is 9.03. The van der Waals surface area contributed by atoms with Gasteiger partial charge in [0, 0.05) is 8.50 Å². The van der Waals surface area contributed by atoms with Crippen LogP contribution in [0.5, 0.6) is 0 Å². The van der Waals surface area contributed by atoms with Crippen molar-refractivity contribution in [1.29, 1.82) is 0 Å². The van der Waals surface area contributed by atoms with E-state index >= 15 is 0 Å². The monoisotopic (exact) mass is 195 g/mol. The average Bonchev–Trinajstić information content (AvgIpc) is 1.99.